The summed E-state index contributed by atoms with van der Waals surface area (Å²) in [6.45, 7) is 6.26. The van der Waals surface area contributed by atoms with E-state index in [2.05, 4.69) is 31.1 Å². The molecule has 0 heterocycles. The van der Waals surface area contributed by atoms with Crippen LogP contribution >= 0.6 is 0 Å². The third-order valence-corrected chi connectivity index (χ3v) is 2.92. The van der Waals surface area contributed by atoms with Gasteiger partial charge >= 0.3 is 0 Å². The summed E-state index contributed by atoms with van der Waals surface area (Å²) in [4.78, 5) is 13.2. The molecule has 0 aromatic rings. The van der Waals surface area contributed by atoms with E-state index in [9.17, 15) is 4.79 Å². The minimum absolute atomic E-state index is 0.118. The van der Waals surface area contributed by atoms with Gasteiger partial charge in [0.25, 0.3) is 0 Å². The van der Waals surface area contributed by atoms with Crippen molar-refractivity contribution < 1.29 is 4.79 Å². The van der Waals surface area contributed by atoms with Gasteiger partial charge in [-0.3, -0.25) is 4.79 Å². The number of nitrogens with zero attached hydrogens (tertiary/aromatic N) is 1. The Morgan fingerprint density at radius 1 is 1.38 bits per heavy atom. The first-order valence-electron chi connectivity index (χ1n) is 6.12. The molecule has 0 aliphatic heterocycles. The van der Waals surface area contributed by atoms with Crippen molar-refractivity contribution in [2.45, 2.75) is 39.2 Å². The lowest BCUT2D eigenvalue weighted by Gasteiger charge is -2.21. The van der Waals surface area contributed by atoms with Crippen LogP contribution in [0.2, 0.25) is 0 Å². The molecule has 1 atom stereocenters. The smallest absolute Gasteiger partial charge is 0.219 e. The van der Waals surface area contributed by atoms with Crippen LogP contribution in [0.1, 0.15) is 33.1 Å². The Morgan fingerprint density at radius 3 is 2.50 bits per heavy atom. The van der Waals surface area contributed by atoms with Crippen LogP contribution in [-0.4, -0.2) is 44.0 Å². The predicted octanol–water partition coefficient (Wildman–Crippen LogP) is 0.818. The van der Waals surface area contributed by atoms with Crippen molar-refractivity contribution in [3.63, 3.8) is 0 Å². The van der Waals surface area contributed by atoms with E-state index in [4.69, 9.17) is 5.73 Å². The van der Waals surface area contributed by atoms with Gasteiger partial charge in [-0.15, -0.1) is 0 Å². The topological polar surface area (TPSA) is 58.4 Å². The highest BCUT2D eigenvalue weighted by Gasteiger charge is 2.08. The molecule has 4 nitrogen and oxygen atoms in total. The van der Waals surface area contributed by atoms with Crippen molar-refractivity contribution in [2.24, 2.45) is 11.7 Å². The molecular weight excluding hydrogens is 202 g/mol. The molecule has 16 heavy (non-hydrogen) atoms. The van der Waals surface area contributed by atoms with Gasteiger partial charge in [0.1, 0.15) is 0 Å². The minimum Gasteiger partial charge on any atom is -0.359 e. The maximum Gasteiger partial charge on any atom is 0.219 e. The molecule has 0 spiro atoms. The van der Waals surface area contributed by atoms with Crippen LogP contribution in [0.25, 0.3) is 0 Å². The Kier molecular flexibility index (Phi) is 8.21. The second-order valence-corrected chi connectivity index (χ2v) is 4.78. The quantitative estimate of drug-likeness (QED) is 0.648. The van der Waals surface area contributed by atoms with E-state index < -0.39 is 0 Å². The van der Waals surface area contributed by atoms with Crippen molar-refractivity contribution in [3.05, 3.63) is 0 Å². The van der Waals surface area contributed by atoms with Crippen LogP contribution in [0.3, 0.4) is 0 Å². The number of carbonyl (C=O) groups is 1. The van der Waals surface area contributed by atoms with Crippen molar-refractivity contribution in [1.29, 1.82) is 0 Å². The number of carbonyl (C=O) groups excluding carboxylic acids is 1. The SMILES string of the molecule is CNC(=O)CCCN(C)CCC(N)C(C)C. The molecule has 0 bridgehead atoms. The summed E-state index contributed by atoms with van der Waals surface area (Å²) in [7, 11) is 3.75. The van der Waals surface area contributed by atoms with Crippen molar-refractivity contribution >= 4 is 5.91 Å². The van der Waals surface area contributed by atoms with Gasteiger partial charge < -0.3 is 16.0 Å². The fraction of sp³-hybridized carbons (Fsp3) is 0.917. The van der Waals surface area contributed by atoms with Crippen molar-refractivity contribution in [1.82, 2.24) is 10.2 Å². The zero-order valence-electron chi connectivity index (χ0n) is 11.1. The molecule has 0 aliphatic rings. The number of nitrogens with two attached hydrogens (primary N) is 1. The fourth-order valence-corrected chi connectivity index (χ4v) is 1.45. The van der Waals surface area contributed by atoms with E-state index in [1.54, 1.807) is 7.05 Å². The van der Waals surface area contributed by atoms with Crippen molar-refractivity contribution in [2.75, 3.05) is 27.2 Å². The highest BCUT2D eigenvalue weighted by Crippen LogP contribution is 2.04. The standard InChI is InChI=1S/C12H27N3O/c1-10(2)11(13)7-9-15(4)8-5-6-12(16)14-3/h10-11H,5-9,13H2,1-4H3,(H,14,16). The molecule has 0 saturated carbocycles. The largest absolute Gasteiger partial charge is 0.359 e. The average molecular weight is 229 g/mol. The number of hydrogen-bond donors (Lipinski definition) is 2. The van der Waals surface area contributed by atoms with E-state index in [1.807, 2.05) is 0 Å². The van der Waals surface area contributed by atoms with Gasteiger partial charge in [-0.25, -0.2) is 0 Å². The van der Waals surface area contributed by atoms with Gasteiger partial charge in [0.15, 0.2) is 0 Å². The highest BCUT2D eigenvalue weighted by atomic mass is 16.1. The zero-order valence-corrected chi connectivity index (χ0v) is 11.1. The van der Waals surface area contributed by atoms with Crippen LogP contribution in [0.15, 0.2) is 0 Å². The minimum atomic E-state index is 0.118. The molecule has 4 heteroatoms. The van der Waals surface area contributed by atoms with E-state index in [0.29, 0.717) is 12.3 Å². The van der Waals surface area contributed by atoms with Gasteiger partial charge in [0.2, 0.25) is 5.91 Å². The molecule has 0 aromatic carbocycles. The second kappa shape index (κ2) is 8.53. The van der Waals surface area contributed by atoms with E-state index >= 15 is 0 Å². The molecule has 0 fully saturated rings. The maximum absolute atomic E-state index is 11.0. The summed E-state index contributed by atoms with van der Waals surface area (Å²) in [6, 6.07) is 0.279. The fourth-order valence-electron chi connectivity index (χ4n) is 1.45. The van der Waals surface area contributed by atoms with E-state index in [-0.39, 0.29) is 11.9 Å². The Hall–Kier alpha value is -0.610. The number of amides is 1. The second-order valence-electron chi connectivity index (χ2n) is 4.78. The van der Waals surface area contributed by atoms with E-state index in [0.717, 1.165) is 25.9 Å². The third kappa shape index (κ3) is 7.65. The normalized spacial score (nSPS) is 13.2. The van der Waals surface area contributed by atoms with Gasteiger partial charge in [-0.05, 0) is 38.9 Å². The monoisotopic (exact) mass is 229 g/mol. The van der Waals surface area contributed by atoms with Crippen LogP contribution in [0.5, 0.6) is 0 Å². The Labute approximate surface area is 99.6 Å². The molecule has 0 radical (unpaired) electrons. The molecule has 0 saturated heterocycles. The molecule has 0 aromatic heterocycles. The number of nitrogens with one attached hydrogen (secondary N) is 1. The lowest BCUT2D eigenvalue weighted by Crippen LogP contribution is -2.32. The molecule has 0 rings (SSSR count). The predicted molar refractivity (Wildman–Crippen MR) is 68.2 cm³/mol. The molecule has 0 aliphatic carbocycles. The van der Waals surface area contributed by atoms with E-state index in [1.165, 1.54) is 0 Å². The molecule has 1 unspecified atom stereocenters. The summed E-state index contributed by atoms with van der Waals surface area (Å²) in [5.41, 5.74) is 5.97. The number of rotatable bonds is 8. The zero-order chi connectivity index (χ0) is 12.6. The average Bonchev–Trinajstić information content (AvgIpc) is 2.25. The van der Waals surface area contributed by atoms with Crippen LogP contribution in [0.4, 0.5) is 0 Å². The summed E-state index contributed by atoms with van der Waals surface area (Å²) in [6.07, 6.45) is 2.54. The van der Waals surface area contributed by atoms with Crippen molar-refractivity contribution in [3.8, 4) is 0 Å². The lowest BCUT2D eigenvalue weighted by molar-refractivity contribution is -0.120. The first-order chi connectivity index (χ1) is 7.47. The third-order valence-electron chi connectivity index (χ3n) is 2.92. The van der Waals surface area contributed by atoms with Gasteiger partial charge in [-0.2, -0.15) is 0 Å². The maximum atomic E-state index is 11.0. The molecule has 1 amide bonds. The first-order valence-corrected chi connectivity index (χ1v) is 6.12. The summed E-state index contributed by atoms with van der Waals surface area (Å²) < 4.78 is 0. The first kappa shape index (κ1) is 15.4. The van der Waals surface area contributed by atoms with Gasteiger partial charge in [0.05, 0.1) is 0 Å². The Bertz CT molecular complexity index is 195. The van der Waals surface area contributed by atoms with Gasteiger partial charge in [-0.1, -0.05) is 13.8 Å². The molecular formula is C12H27N3O. The van der Waals surface area contributed by atoms with Crippen LogP contribution < -0.4 is 11.1 Å². The Morgan fingerprint density at radius 2 is 2.00 bits per heavy atom. The summed E-state index contributed by atoms with van der Waals surface area (Å²) >= 11 is 0. The van der Waals surface area contributed by atoms with Gasteiger partial charge in [0, 0.05) is 19.5 Å². The summed E-state index contributed by atoms with van der Waals surface area (Å²) in [5, 5.41) is 2.63. The Balaban J connectivity index is 3.51. The summed E-state index contributed by atoms with van der Waals surface area (Å²) in [5.74, 6) is 0.659. The van der Waals surface area contributed by atoms with Crippen LogP contribution in [-0.2, 0) is 4.79 Å². The molecule has 96 valence electrons. The molecule has 3 N–H and O–H groups in total. The number of hydrogen-bond acceptors (Lipinski definition) is 3. The lowest BCUT2D eigenvalue weighted by atomic mass is 10.0. The highest BCUT2D eigenvalue weighted by molar-refractivity contribution is 5.75. The van der Waals surface area contributed by atoms with Crippen LogP contribution in [0, 0.1) is 5.92 Å².